The molecular formula is C6H13FO3. The van der Waals surface area contributed by atoms with Crippen molar-refractivity contribution in [3.8, 4) is 0 Å². The molecule has 0 saturated carbocycles. The monoisotopic (exact) mass is 152 g/mol. The lowest BCUT2D eigenvalue weighted by molar-refractivity contribution is 0.0592. The zero-order valence-electron chi connectivity index (χ0n) is 6.25. The minimum absolute atomic E-state index is 0. The van der Waals surface area contributed by atoms with Crippen molar-refractivity contribution in [1.82, 2.24) is 0 Å². The smallest absolute Gasteiger partial charge is 0.435 e. The molecule has 0 aliphatic carbocycles. The van der Waals surface area contributed by atoms with E-state index in [-0.39, 0.29) is 4.70 Å². The fourth-order valence-corrected chi connectivity index (χ4v) is 0.345. The number of hydrogen-bond donors (Lipinski definition) is 0. The van der Waals surface area contributed by atoms with Crippen LogP contribution >= 0.6 is 0 Å². The first kappa shape index (κ1) is 11.9. The number of carbonyl (C=O) groups excluding carboxylic acids is 1. The number of hydrogen-bond acceptors (Lipinski definition) is 3. The van der Waals surface area contributed by atoms with Crippen molar-refractivity contribution < 1.29 is 19.0 Å². The molecule has 10 heavy (non-hydrogen) atoms. The molecule has 0 amide bonds. The first-order valence-electron chi connectivity index (χ1n) is 3.10. The third-order valence-corrected chi connectivity index (χ3v) is 0.686. The van der Waals surface area contributed by atoms with E-state index in [1.807, 2.05) is 6.92 Å². The van der Waals surface area contributed by atoms with E-state index < -0.39 is 6.16 Å². The Hall–Kier alpha value is -0.800. The standard InChI is InChI=1S/C6H12O3.FH/c1-3-5-9-6(7)8-4-2;/h3-5H2,1-2H3;1H. The average Bonchev–Trinajstić information content (AvgIpc) is 1.85. The van der Waals surface area contributed by atoms with E-state index in [0.717, 1.165) is 6.42 Å². The molecule has 0 aromatic heterocycles. The predicted molar refractivity (Wildman–Crippen MR) is 35.8 cm³/mol. The van der Waals surface area contributed by atoms with Gasteiger partial charge in [0.15, 0.2) is 0 Å². The molecule has 0 aliphatic heterocycles. The summed E-state index contributed by atoms with van der Waals surface area (Å²) in [7, 11) is 0. The average molecular weight is 152 g/mol. The van der Waals surface area contributed by atoms with Crippen LogP contribution in [0.1, 0.15) is 20.3 Å². The normalized spacial score (nSPS) is 7.80. The molecule has 0 heterocycles. The molecule has 0 aliphatic rings. The molecule has 3 nitrogen and oxygen atoms in total. The fraction of sp³-hybridized carbons (Fsp3) is 0.833. The summed E-state index contributed by atoms with van der Waals surface area (Å²) >= 11 is 0. The number of carbonyl (C=O) groups is 1. The van der Waals surface area contributed by atoms with Crippen LogP contribution in [0.25, 0.3) is 0 Å². The van der Waals surface area contributed by atoms with E-state index in [9.17, 15) is 4.79 Å². The molecule has 0 N–H and O–H groups in total. The topological polar surface area (TPSA) is 35.5 Å². The Balaban J connectivity index is 0. The second-order valence-corrected chi connectivity index (χ2v) is 1.53. The lowest BCUT2D eigenvalue weighted by atomic mass is 10.5. The van der Waals surface area contributed by atoms with Crippen molar-refractivity contribution in [3.63, 3.8) is 0 Å². The van der Waals surface area contributed by atoms with E-state index in [1.165, 1.54) is 0 Å². The van der Waals surface area contributed by atoms with Crippen molar-refractivity contribution in [3.05, 3.63) is 0 Å². The van der Waals surface area contributed by atoms with Gasteiger partial charge in [0.25, 0.3) is 0 Å². The summed E-state index contributed by atoms with van der Waals surface area (Å²) in [4.78, 5) is 10.4. The van der Waals surface area contributed by atoms with Crippen LogP contribution in [0, 0.1) is 0 Å². The molecular weight excluding hydrogens is 139 g/mol. The van der Waals surface area contributed by atoms with E-state index in [1.54, 1.807) is 6.92 Å². The summed E-state index contributed by atoms with van der Waals surface area (Å²) in [5.41, 5.74) is 0. The third-order valence-electron chi connectivity index (χ3n) is 0.686. The third kappa shape index (κ3) is 7.20. The van der Waals surface area contributed by atoms with Crippen molar-refractivity contribution >= 4 is 6.16 Å². The van der Waals surface area contributed by atoms with Crippen LogP contribution < -0.4 is 0 Å². The quantitative estimate of drug-likeness (QED) is 0.577. The minimum atomic E-state index is -0.570. The molecule has 0 rings (SSSR count). The molecule has 0 spiro atoms. The van der Waals surface area contributed by atoms with Crippen LogP contribution in [-0.4, -0.2) is 19.4 Å². The summed E-state index contributed by atoms with van der Waals surface area (Å²) in [5.74, 6) is 0. The van der Waals surface area contributed by atoms with Crippen LogP contribution in [0.2, 0.25) is 0 Å². The van der Waals surface area contributed by atoms with Gasteiger partial charge in [-0.2, -0.15) is 0 Å². The van der Waals surface area contributed by atoms with Crippen molar-refractivity contribution in [2.24, 2.45) is 0 Å². The summed E-state index contributed by atoms with van der Waals surface area (Å²) < 4.78 is 9.05. The summed E-state index contributed by atoms with van der Waals surface area (Å²) in [6, 6.07) is 0. The Morgan fingerprint density at radius 2 is 1.90 bits per heavy atom. The second kappa shape index (κ2) is 8.20. The lowest BCUT2D eigenvalue weighted by Crippen LogP contribution is -2.07. The van der Waals surface area contributed by atoms with Gasteiger partial charge in [0.2, 0.25) is 0 Å². The summed E-state index contributed by atoms with van der Waals surface area (Å²) in [6.45, 7) is 4.49. The van der Waals surface area contributed by atoms with Crippen molar-refractivity contribution in [1.29, 1.82) is 0 Å². The van der Waals surface area contributed by atoms with E-state index >= 15 is 0 Å². The number of rotatable bonds is 3. The highest BCUT2D eigenvalue weighted by Crippen LogP contribution is 1.85. The molecule has 0 saturated heterocycles. The van der Waals surface area contributed by atoms with Crippen LogP contribution in [0.15, 0.2) is 0 Å². The largest absolute Gasteiger partial charge is 0.508 e. The van der Waals surface area contributed by atoms with Crippen LogP contribution in [-0.2, 0) is 9.47 Å². The maximum atomic E-state index is 10.4. The Morgan fingerprint density at radius 1 is 1.30 bits per heavy atom. The van der Waals surface area contributed by atoms with Gasteiger partial charge in [-0.25, -0.2) is 4.79 Å². The molecule has 4 heteroatoms. The molecule has 0 aromatic carbocycles. The zero-order valence-corrected chi connectivity index (χ0v) is 6.25. The molecule has 0 unspecified atom stereocenters. The number of ether oxygens (including phenoxy) is 2. The van der Waals surface area contributed by atoms with Gasteiger partial charge in [-0.15, -0.1) is 0 Å². The highest BCUT2D eigenvalue weighted by Gasteiger charge is 1.97. The highest BCUT2D eigenvalue weighted by molar-refractivity contribution is 5.59. The first-order chi connectivity index (χ1) is 4.31. The summed E-state index contributed by atoms with van der Waals surface area (Å²) in [6.07, 6.45) is 0.262. The number of halogens is 1. The second-order valence-electron chi connectivity index (χ2n) is 1.53. The van der Waals surface area contributed by atoms with Crippen LogP contribution in [0.3, 0.4) is 0 Å². The SMILES string of the molecule is CCCOC(=O)OCC.F. The van der Waals surface area contributed by atoms with E-state index in [2.05, 4.69) is 9.47 Å². The van der Waals surface area contributed by atoms with Gasteiger partial charge in [-0.3, -0.25) is 4.70 Å². The maximum absolute atomic E-state index is 10.4. The maximum Gasteiger partial charge on any atom is 0.508 e. The Kier molecular flexibility index (Phi) is 9.79. The molecule has 0 fully saturated rings. The van der Waals surface area contributed by atoms with Gasteiger partial charge < -0.3 is 9.47 Å². The molecule has 0 atom stereocenters. The molecule has 0 aromatic rings. The zero-order chi connectivity index (χ0) is 7.11. The molecule has 0 bridgehead atoms. The van der Waals surface area contributed by atoms with E-state index in [0.29, 0.717) is 13.2 Å². The van der Waals surface area contributed by atoms with Gasteiger partial charge in [0.1, 0.15) is 0 Å². The van der Waals surface area contributed by atoms with E-state index in [4.69, 9.17) is 0 Å². The predicted octanol–water partition coefficient (Wildman–Crippen LogP) is 1.72. The molecule has 62 valence electrons. The van der Waals surface area contributed by atoms with Gasteiger partial charge in [-0.05, 0) is 13.3 Å². The fourth-order valence-electron chi connectivity index (χ4n) is 0.345. The Bertz CT molecular complexity index is 85.1. The van der Waals surface area contributed by atoms with Gasteiger partial charge in [0, 0.05) is 0 Å². The first-order valence-corrected chi connectivity index (χ1v) is 3.10. The van der Waals surface area contributed by atoms with Gasteiger partial charge >= 0.3 is 6.16 Å². The van der Waals surface area contributed by atoms with Crippen LogP contribution in [0.4, 0.5) is 9.50 Å². The van der Waals surface area contributed by atoms with Crippen LogP contribution in [0.5, 0.6) is 0 Å². The van der Waals surface area contributed by atoms with Crippen molar-refractivity contribution in [2.75, 3.05) is 13.2 Å². The minimum Gasteiger partial charge on any atom is -0.435 e. The highest BCUT2D eigenvalue weighted by atomic mass is 19.0. The Labute approximate surface area is 59.7 Å². The lowest BCUT2D eigenvalue weighted by Gasteiger charge is -2.00. The van der Waals surface area contributed by atoms with Gasteiger partial charge in [-0.1, -0.05) is 6.92 Å². The molecule has 0 radical (unpaired) electrons. The summed E-state index contributed by atoms with van der Waals surface area (Å²) in [5, 5.41) is 0. The van der Waals surface area contributed by atoms with Crippen molar-refractivity contribution in [2.45, 2.75) is 20.3 Å². The van der Waals surface area contributed by atoms with Gasteiger partial charge in [0.05, 0.1) is 13.2 Å². The Morgan fingerprint density at radius 3 is 2.30 bits per heavy atom.